The smallest absolute Gasteiger partial charge is 0.416 e. The fourth-order valence-electron chi connectivity index (χ4n) is 2.95. The second kappa shape index (κ2) is 8.35. The van der Waals surface area contributed by atoms with Gasteiger partial charge in [-0.2, -0.15) is 13.2 Å². The Morgan fingerprint density at radius 3 is 2.46 bits per heavy atom. The maximum absolute atomic E-state index is 13.2. The maximum atomic E-state index is 13.2. The number of carboxylic acids is 1. The van der Waals surface area contributed by atoms with E-state index in [1.165, 1.54) is 30.0 Å². The van der Waals surface area contributed by atoms with E-state index in [0.29, 0.717) is 26.1 Å². The Morgan fingerprint density at radius 2 is 1.88 bits per heavy atom. The summed E-state index contributed by atoms with van der Waals surface area (Å²) in [5.41, 5.74) is -0.807. The van der Waals surface area contributed by atoms with Crippen LogP contribution in [0, 0.1) is 0 Å². The van der Waals surface area contributed by atoms with Crippen LogP contribution in [0.5, 0.6) is 0 Å². The van der Waals surface area contributed by atoms with Crippen molar-refractivity contribution in [3.63, 3.8) is 0 Å². The molecule has 2 rings (SSSR count). The van der Waals surface area contributed by atoms with Crippen LogP contribution < -0.4 is 0 Å². The summed E-state index contributed by atoms with van der Waals surface area (Å²) in [6.45, 7) is 1.72. The molecule has 1 aliphatic rings. The van der Waals surface area contributed by atoms with Crippen molar-refractivity contribution in [2.75, 3.05) is 19.8 Å². The summed E-state index contributed by atoms with van der Waals surface area (Å²) >= 11 is 0. The SMILES string of the molecule is C/C(=C/C(=O)N(CC(=O)O)C1CCOCC1)c1ccccc1C(F)(F)F. The van der Waals surface area contributed by atoms with Gasteiger partial charge in [0.05, 0.1) is 5.56 Å². The number of ether oxygens (including phenoxy) is 1. The van der Waals surface area contributed by atoms with Gasteiger partial charge >= 0.3 is 12.1 Å². The van der Waals surface area contributed by atoms with E-state index in [4.69, 9.17) is 9.84 Å². The summed E-state index contributed by atoms with van der Waals surface area (Å²) in [4.78, 5) is 24.9. The Labute approximate surface area is 149 Å². The number of alkyl halides is 3. The van der Waals surface area contributed by atoms with E-state index < -0.39 is 30.2 Å². The number of halogens is 3. The van der Waals surface area contributed by atoms with Crippen LogP contribution in [0.1, 0.15) is 30.9 Å². The van der Waals surface area contributed by atoms with Crippen molar-refractivity contribution in [3.8, 4) is 0 Å². The summed E-state index contributed by atoms with van der Waals surface area (Å²) in [5, 5.41) is 9.07. The molecule has 0 saturated carbocycles. The van der Waals surface area contributed by atoms with Crippen molar-refractivity contribution in [2.45, 2.75) is 32.0 Å². The average Bonchev–Trinajstić information content (AvgIpc) is 2.59. The summed E-state index contributed by atoms with van der Waals surface area (Å²) in [6.07, 6.45) is -2.49. The number of nitrogens with zero attached hydrogens (tertiary/aromatic N) is 1. The predicted octanol–water partition coefficient (Wildman–Crippen LogP) is 3.20. The molecule has 26 heavy (non-hydrogen) atoms. The van der Waals surface area contributed by atoms with Crippen molar-refractivity contribution >= 4 is 17.4 Å². The molecule has 0 spiro atoms. The Bertz CT molecular complexity index is 694. The van der Waals surface area contributed by atoms with Crippen LogP contribution in [-0.2, 0) is 20.5 Å². The van der Waals surface area contributed by atoms with Crippen molar-refractivity contribution < 1.29 is 32.6 Å². The van der Waals surface area contributed by atoms with Crippen LogP contribution in [0.2, 0.25) is 0 Å². The van der Waals surface area contributed by atoms with Crippen LogP contribution in [-0.4, -0.2) is 47.7 Å². The molecule has 1 aliphatic heterocycles. The normalized spacial score (nSPS) is 16.4. The second-order valence-corrected chi connectivity index (χ2v) is 6.07. The number of benzene rings is 1. The minimum atomic E-state index is -4.55. The first-order chi connectivity index (χ1) is 12.2. The highest BCUT2D eigenvalue weighted by atomic mass is 19.4. The van der Waals surface area contributed by atoms with Gasteiger partial charge in [0.1, 0.15) is 6.54 Å². The van der Waals surface area contributed by atoms with E-state index in [2.05, 4.69) is 0 Å². The van der Waals surface area contributed by atoms with Crippen LogP contribution in [0.4, 0.5) is 13.2 Å². The number of aliphatic carboxylic acids is 1. The quantitative estimate of drug-likeness (QED) is 0.808. The Hall–Kier alpha value is -2.35. The molecule has 1 heterocycles. The highest BCUT2D eigenvalue weighted by Gasteiger charge is 2.33. The molecule has 0 unspecified atom stereocenters. The van der Waals surface area contributed by atoms with Gasteiger partial charge in [0.15, 0.2) is 0 Å². The minimum Gasteiger partial charge on any atom is -0.480 e. The lowest BCUT2D eigenvalue weighted by Gasteiger charge is -2.32. The zero-order valence-corrected chi connectivity index (χ0v) is 14.3. The third kappa shape index (κ3) is 5.08. The number of hydrogen-bond donors (Lipinski definition) is 1. The van der Waals surface area contributed by atoms with E-state index in [0.717, 1.165) is 12.1 Å². The number of allylic oxidation sites excluding steroid dienone is 1. The van der Waals surface area contributed by atoms with Crippen molar-refractivity contribution in [1.29, 1.82) is 0 Å². The van der Waals surface area contributed by atoms with Crippen LogP contribution in [0.25, 0.3) is 5.57 Å². The average molecular weight is 371 g/mol. The van der Waals surface area contributed by atoms with Gasteiger partial charge in [-0.1, -0.05) is 18.2 Å². The maximum Gasteiger partial charge on any atom is 0.416 e. The monoisotopic (exact) mass is 371 g/mol. The molecule has 0 bridgehead atoms. The first-order valence-corrected chi connectivity index (χ1v) is 8.15. The fourth-order valence-corrected chi connectivity index (χ4v) is 2.95. The van der Waals surface area contributed by atoms with Crippen molar-refractivity contribution in [1.82, 2.24) is 4.90 Å². The van der Waals surface area contributed by atoms with Crippen LogP contribution >= 0.6 is 0 Å². The summed E-state index contributed by atoms with van der Waals surface area (Å²) < 4.78 is 44.7. The fraction of sp³-hybridized carbons (Fsp3) is 0.444. The molecule has 8 heteroatoms. The van der Waals surface area contributed by atoms with E-state index in [-0.39, 0.29) is 17.2 Å². The number of rotatable bonds is 5. The molecule has 1 N–H and O–H groups in total. The number of carbonyl (C=O) groups is 2. The zero-order chi connectivity index (χ0) is 19.3. The molecule has 0 aromatic heterocycles. The number of carbonyl (C=O) groups excluding carboxylic acids is 1. The summed E-state index contributed by atoms with van der Waals surface area (Å²) in [6, 6.07) is 4.66. The molecule has 1 saturated heterocycles. The Morgan fingerprint density at radius 1 is 1.27 bits per heavy atom. The first kappa shape index (κ1) is 20.0. The van der Waals surface area contributed by atoms with Gasteiger partial charge in [-0.05, 0) is 37.0 Å². The molecule has 0 aliphatic carbocycles. The van der Waals surface area contributed by atoms with E-state index >= 15 is 0 Å². The topological polar surface area (TPSA) is 66.8 Å². The molecule has 0 atom stereocenters. The summed E-state index contributed by atoms with van der Waals surface area (Å²) in [5.74, 6) is -1.79. The zero-order valence-electron chi connectivity index (χ0n) is 14.3. The molecule has 1 fully saturated rings. The first-order valence-electron chi connectivity index (χ1n) is 8.15. The van der Waals surface area contributed by atoms with Gasteiger partial charge in [-0.15, -0.1) is 0 Å². The van der Waals surface area contributed by atoms with Crippen LogP contribution in [0.15, 0.2) is 30.3 Å². The van der Waals surface area contributed by atoms with Crippen molar-refractivity contribution in [2.24, 2.45) is 0 Å². The van der Waals surface area contributed by atoms with E-state index in [1.54, 1.807) is 0 Å². The van der Waals surface area contributed by atoms with Gasteiger partial charge < -0.3 is 14.7 Å². The van der Waals surface area contributed by atoms with Gasteiger partial charge in [0, 0.05) is 25.3 Å². The lowest BCUT2D eigenvalue weighted by Crippen LogP contribution is -2.45. The molecule has 142 valence electrons. The molecule has 5 nitrogen and oxygen atoms in total. The lowest BCUT2D eigenvalue weighted by atomic mass is 9.99. The lowest BCUT2D eigenvalue weighted by molar-refractivity contribution is -0.145. The minimum absolute atomic E-state index is 0.101. The number of hydrogen-bond acceptors (Lipinski definition) is 3. The Balaban J connectivity index is 2.30. The van der Waals surface area contributed by atoms with E-state index in [1.807, 2.05) is 0 Å². The largest absolute Gasteiger partial charge is 0.480 e. The van der Waals surface area contributed by atoms with Gasteiger partial charge in [-0.25, -0.2) is 0 Å². The van der Waals surface area contributed by atoms with Gasteiger partial charge in [0.25, 0.3) is 0 Å². The second-order valence-electron chi connectivity index (χ2n) is 6.07. The third-order valence-corrected chi connectivity index (χ3v) is 4.22. The van der Waals surface area contributed by atoms with Gasteiger partial charge in [-0.3, -0.25) is 9.59 Å². The number of carboxylic acid groups (broad SMARTS) is 1. The van der Waals surface area contributed by atoms with Crippen LogP contribution in [0.3, 0.4) is 0 Å². The molecular formula is C18H20F3NO4. The highest BCUT2D eigenvalue weighted by Crippen LogP contribution is 2.34. The molecule has 1 aromatic rings. The van der Waals surface area contributed by atoms with E-state index in [9.17, 15) is 22.8 Å². The molecule has 1 aromatic carbocycles. The summed E-state index contributed by atoms with van der Waals surface area (Å²) in [7, 11) is 0. The molecule has 1 amide bonds. The third-order valence-electron chi connectivity index (χ3n) is 4.22. The highest BCUT2D eigenvalue weighted by molar-refractivity contribution is 5.96. The standard InChI is InChI=1S/C18H20F3NO4/c1-12(14-4-2-3-5-15(14)18(19,20)21)10-16(23)22(11-17(24)25)13-6-8-26-9-7-13/h2-5,10,13H,6-9,11H2,1H3,(H,24,25)/b12-10-. The Kier molecular flexibility index (Phi) is 6.42. The molecular weight excluding hydrogens is 351 g/mol. The van der Waals surface area contributed by atoms with Crippen molar-refractivity contribution in [3.05, 3.63) is 41.5 Å². The number of amides is 1. The van der Waals surface area contributed by atoms with Gasteiger partial charge in [0.2, 0.25) is 5.91 Å². The molecule has 0 radical (unpaired) electrons. The predicted molar refractivity (Wildman–Crippen MR) is 88.3 cm³/mol.